The van der Waals surface area contributed by atoms with Gasteiger partial charge in [-0.2, -0.15) is 0 Å². The third kappa shape index (κ3) is 2.70. The van der Waals surface area contributed by atoms with Gasteiger partial charge in [0.2, 0.25) is 5.88 Å². The quantitative estimate of drug-likeness (QED) is 0.885. The average molecular weight is 254 g/mol. The molecular weight excluding hydrogens is 236 g/mol. The van der Waals surface area contributed by atoms with Gasteiger partial charge in [-0.15, -0.1) is 0 Å². The van der Waals surface area contributed by atoms with E-state index < -0.39 is 0 Å². The molecule has 0 atom stereocenters. The summed E-state index contributed by atoms with van der Waals surface area (Å²) in [5.74, 6) is 1.39. The van der Waals surface area contributed by atoms with Gasteiger partial charge >= 0.3 is 0 Å². The SMILES string of the molecule is CNc1cccc(C2CC2)c1COc1ccccn1. The molecule has 1 N–H and O–H groups in total. The number of pyridine rings is 1. The fourth-order valence-electron chi connectivity index (χ4n) is 2.36. The molecule has 3 heteroatoms. The monoisotopic (exact) mass is 254 g/mol. The maximum Gasteiger partial charge on any atom is 0.213 e. The number of ether oxygens (including phenoxy) is 1. The Balaban J connectivity index is 1.82. The average Bonchev–Trinajstić information content (AvgIpc) is 3.30. The van der Waals surface area contributed by atoms with E-state index in [1.54, 1.807) is 6.20 Å². The minimum absolute atomic E-state index is 0.569. The molecule has 1 aromatic heterocycles. The maximum absolute atomic E-state index is 5.80. The van der Waals surface area contributed by atoms with Crippen LogP contribution >= 0.6 is 0 Å². The molecule has 3 rings (SSSR count). The lowest BCUT2D eigenvalue weighted by Crippen LogP contribution is -2.05. The molecule has 0 spiro atoms. The Bertz CT molecular complexity index is 550. The van der Waals surface area contributed by atoms with Crippen LogP contribution in [0.3, 0.4) is 0 Å². The summed E-state index contributed by atoms with van der Waals surface area (Å²) >= 11 is 0. The molecule has 3 nitrogen and oxygen atoms in total. The number of anilines is 1. The van der Waals surface area contributed by atoms with Crippen molar-refractivity contribution in [3.8, 4) is 5.88 Å². The minimum atomic E-state index is 0.569. The largest absolute Gasteiger partial charge is 0.473 e. The maximum atomic E-state index is 5.80. The van der Waals surface area contributed by atoms with Gasteiger partial charge in [-0.1, -0.05) is 18.2 Å². The van der Waals surface area contributed by atoms with Crippen molar-refractivity contribution in [3.63, 3.8) is 0 Å². The van der Waals surface area contributed by atoms with Crippen LogP contribution in [0.25, 0.3) is 0 Å². The van der Waals surface area contributed by atoms with Gasteiger partial charge in [0.15, 0.2) is 0 Å². The molecule has 0 bridgehead atoms. The zero-order valence-corrected chi connectivity index (χ0v) is 11.1. The Labute approximate surface area is 113 Å². The number of rotatable bonds is 5. The second-order valence-corrected chi connectivity index (χ2v) is 4.85. The number of nitrogens with zero attached hydrogens (tertiary/aromatic N) is 1. The number of nitrogens with one attached hydrogen (secondary N) is 1. The van der Waals surface area contributed by atoms with Crippen LogP contribution in [0, 0.1) is 0 Å². The molecule has 98 valence electrons. The summed E-state index contributed by atoms with van der Waals surface area (Å²) in [6, 6.07) is 12.2. The fourth-order valence-corrected chi connectivity index (χ4v) is 2.36. The summed E-state index contributed by atoms with van der Waals surface area (Å²) < 4.78 is 5.80. The lowest BCUT2D eigenvalue weighted by Gasteiger charge is -2.14. The van der Waals surface area contributed by atoms with Gasteiger partial charge in [0, 0.05) is 30.6 Å². The van der Waals surface area contributed by atoms with Crippen molar-refractivity contribution >= 4 is 5.69 Å². The molecule has 0 saturated heterocycles. The lowest BCUT2D eigenvalue weighted by atomic mass is 10.0. The number of hydrogen-bond acceptors (Lipinski definition) is 3. The first kappa shape index (κ1) is 12.0. The normalized spacial score (nSPS) is 14.2. The van der Waals surface area contributed by atoms with Gasteiger partial charge in [0.1, 0.15) is 6.61 Å². The van der Waals surface area contributed by atoms with Gasteiger partial charge in [0.05, 0.1) is 0 Å². The highest BCUT2D eigenvalue weighted by Crippen LogP contribution is 2.43. The van der Waals surface area contributed by atoms with Crippen molar-refractivity contribution in [2.75, 3.05) is 12.4 Å². The van der Waals surface area contributed by atoms with E-state index in [1.165, 1.54) is 24.0 Å². The molecule has 19 heavy (non-hydrogen) atoms. The first-order chi connectivity index (χ1) is 9.38. The standard InChI is InChI=1S/C16H18N2O/c1-17-15-6-4-5-13(12-8-9-12)14(15)11-19-16-7-2-3-10-18-16/h2-7,10,12,17H,8-9,11H2,1H3. The lowest BCUT2D eigenvalue weighted by molar-refractivity contribution is 0.293. The van der Waals surface area contributed by atoms with Gasteiger partial charge in [-0.25, -0.2) is 4.98 Å². The predicted molar refractivity (Wildman–Crippen MR) is 76.5 cm³/mol. The van der Waals surface area contributed by atoms with E-state index in [0.717, 1.165) is 11.6 Å². The molecule has 1 aliphatic carbocycles. The summed E-state index contributed by atoms with van der Waals surface area (Å²) in [5.41, 5.74) is 3.83. The molecule has 0 aliphatic heterocycles. The van der Waals surface area contributed by atoms with E-state index >= 15 is 0 Å². The zero-order chi connectivity index (χ0) is 13.1. The molecule has 1 fully saturated rings. The smallest absolute Gasteiger partial charge is 0.213 e. The second kappa shape index (κ2) is 5.31. The van der Waals surface area contributed by atoms with Crippen LogP contribution < -0.4 is 10.1 Å². The van der Waals surface area contributed by atoms with Crippen molar-refractivity contribution in [1.29, 1.82) is 0 Å². The molecule has 1 heterocycles. The third-order valence-corrected chi connectivity index (χ3v) is 3.50. The van der Waals surface area contributed by atoms with Crippen molar-refractivity contribution in [2.45, 2.75) is 25.4 Å². The number of benzene rings is 1. The van der Waals surface area contributed by atoms with Crippen molar-refractivity contribution in [2.24, 2.45) is 0 Å². The first-order valence-corrected chi connectivity index (χ1v) is 6.72. The van der Waals surface area contributed by atoms with Crippen molar-refractivity contribution in [3.05, 3.63) is 53.7 Å². The number of hydrogen-bond donors (Lipinski definition) is 1. The molecule has 2 aromatic rings. The van der Waals surface area contributed by atoms with E-state index in [1.807, 2.05) is 25.2 Å². The van der Waals surface area contributed by atoms with Crippen LogP contribution in [-0.2, 0) is 6.61 Å². The molecule has 1 aromatic carbocycles. The summed E-state index contributed by atoms with van der Waals surface area (Å²) in [6.07, 6.45) is 4.34. The third-order valence-electron chi connectivity index (χ3n) is 3.50. The molecule has 1 aliphatic rings. The van der Waals surface area contributed by atoms with E-state index in [-0.39, 0.29) is 0 Å². The first-order valence-electron chi connectivity index (χ1n) is 6.72. The van der Waals surface area contributed by atoms with Crippen LogP contribution in [0.15, 0.2) is 42.6 Å². The topological polar surface area (TPSA) is 34.1 Å². The summed E-state index contributed by atoms with van der Waals surface area (Å²) in [5, 5.41) is 3.25. The summed E-state index contributed by atoms with van der Waals surface area (Å²) in [7, 11) is 1.95. The van der Waals surface area contributed by atoms with Crippen LogP contribution in [0.1, 0.15) is 29.9 Å². The number of aromatic nitrogens is 1. The fraction of sp³-hybridized carbons (Fsp3) is 0.312. The highest BCUT2D eigenvalue weighted by atomic mass is 16.5. The van der Waals surface area contributed by atoms with E-state index in [2.05, 4.69) is 28.5 Å². The summed E-state index contributed by atoms with van der Waals surface area (Å²) in [6.45, 7) is 0.569. The van der Waals surface area contributed by atoms with Gasteiger partial charge in [-0.05, 0) is 36.5 Å². The Morgan fingerprint density at radius 2 is 2.11 bits per heavy atom. The molecular formula is C16H18N2O. The predicted octanol–water partition coefficient (Wildman–Crippen LogP) is 3.58. The molecule has 0 radical (unpaired) electrons. The van der Waals surface area contributed by atoms with Gasteiger partial charge in [0.25, 0.3) is 0 Å². The van der Waals surface area contributed by atoms with Crippen LogP contribution in [0.5, 0.6) is 5.88 Å². The molecule has 0 amide bonds. The van der Waals surface area contributed by atoms with Crippen LogP contribution in [0.4, 0.5) is 5.69 Å². The van der Waals surface area contributed by atoms with Gasteiger partial charge < -0.3 is 10.1 Å². The van der Waals surface area contributed by atoms with Crippen LogP contribution in [-0.4, -0.2) is 12.0 Å². The summed E-state index contributed by atoms with van der Waals surface area (Å²) in [4.78, 5) is 4.20. The van der Waals surface area contributed by atoms with E-state index in [0.29, 0.717) is 12.5 Å². The Kier molecular flexibility index (Phi) is 3.36. The Hall–Kier alpha value is -2.03. The van der Waals surface area contributed by atoms with E-state index in [9.17, 15) is 0 Å². The second-order valence-electron chi connectivity index (χ2n) is 4.85. The molecule has 0 unspecified atom stereocenters. The minimum Gasteiger partial charge on any atom is -0.473 e. The van der Waals surface area contributed by atoms with Crippen molar-refractivity contribution < 1.29 is 4.74 Å². The Morgan fingerprint density at radius 1 is 1.21 bits per heavy atom. The van der Waals surface area contributed by atoms with Crippen LogP contribution in [0.2, 0.25) is 0 Å². The van der Waals surface area contributed by atoms with Crippen molar-refractivity contribution in [1.82, 2.24) is 4.98 Å². The molecule has 1 saturated carbocycles. The Morgan fingerprint density at radius 3 is 2.79 bits per heavy atom. The highest BCUT2D eigenvalue weighted by Gasteiger charge is 2.27. The zero-order valence-electron chi connectivity index (χ0n) is 11.1. The van der Waals surface area contributed by atoms with E-state index in [4.69, 9.17) is 4.74 Å². The van der Waals surface area contributed by atoms with Gasteiger partial charge in [-0.3, -0.25) is 0 Å². The highest BCUT2D eigenvalue weighted by molar-refractivity contribution is 5.55.